The predicted octanol–water partition coefficient (Wildman–Crippen LogP) is 3.15. The van der Waals surface area contributed by atoms with Gasteiger partial charge in [-0.2, -0.15) is 13.2 Å². The molecule has 3 N–H and O–H groups in total. The lowest BCUT2D eigenvalue weighted by Crippen LogP contribution is -2.06. The molecule has 1 unspecified atom stereocenters. The van der Waals surface area contributed by atoms with Crippen LogP contribution < -0.4 is 5.73 Å². The van der Waals surface area contributed by atoms with Crippen LogP contribution in [0, 0.1) is 0 Å². The number of nitrogen functional groups attached to an aromatic ring is 1. The van der Waals surface area contributed by atoms with Crippen LogP contribution in [-0.4, -0.2) is 17.0 Å². The number of aliphatic hydroxyl groups is 1. The van der Waals surface area contributed by atoms with Crippen LogP contribution in [0.5, 0.6) is 0 Å². The minimum Gasteiger partial charge on any atom is -0.398 e. The fourth-order valence-electron chi connectivity index (χ4n) is 1.29. The largest absolute Gasteiger partial charge is 0.416 e. The molecule has 0 bridgehead atoms. The van der Waals surface area contributed by atoms with Gasteiger partial charge in [0, 0.05) is 22.4 Å². The summed E-state index contributed by atoms with van der Waals surface area (Å²) in [5.41, 5.74) is 4.96. The molecule has 0 spiro atoms. The van der Waals surface area contributed by atoms with Gasteiger partial charge in [0.15, 0.2) is 0 Å². The molecule has 2 nitrogen and oxygen atoms in total. The normalized spacial score (nSPS) is 13.7. The zero-order chi connectivity index (χ0) is 13.1. The van der Waals surface area contributed by atoms with Crippen molar-refractivity contribution in [2.45, 2.75) is 29.7 Å². The van der Waals surface area contributed by atoms with E-state index in [2.05, 4.69) is 0 Å². The number of hydrogen-bond donors (Lipinski definition) is 2. The number of thioether (sulfide) groups is 1. The highest BCUT2D eigenvalue weighted by Crippen LogP contribution is 2.35. The van der Waals surface area contributed by atoms with Gasteiger partial charge in [-0.25, -0.2) is 0 Å². The number of benzene rings is 1. The van der Waals surface area contributed by atoms with Crippen molar-refractivity contribution < 1.29 is 18.3 Å². The maximum Gasteiger partial charge on any atom is 0.416 e. The van der Waals surface area contributed by atoms with E-state index in [0.29, 0.717) is 11.3 Å². The number of nitrogens with two attached hydrogens (primary N) is 1. The molecule has 6 heteroatoms. The molecule has 1 aromatic carbocycles. The van der Waals surface area contributed by atoms with E-state index in [4.69, 9.17) is 10.8 Å². The van der Waals surface area contributed by atoms with Crippen LogP contribution in [0.15, 0.2) is 23.1 Å². The maximum absolute atomic E-state index is 12.4. The first-order chi connectivity index (χ1) is 7.84. The van der Waals surface area contributed by atoms with Crippen LogP contribution >= 0.6 is 11.8 Å². The number of aliphatic hydroxyl groups excluding tert-OH is 1. The number of rotatable bonds is 4. The summed E-state index contributed by atoms with van der Waals surface area (Å²) in [7, 11) is 0. The molecule has 1 atom stereocenters. The monoisotopic (exact) mass is 265 g/mol. The van der Waals surface area contributed by atoms with Crippen molar-refractivity contribution in [2.24, 2.45) is 0 Å². The third-order valence-electron chi connectivity index (χ3n) is 2.20. The summed E-state index contributed by atoms with van der Waals surface area (Å²) in [5.74, 6) is 0. The molecule has 0 aromatic heterocycles. The van der Waals surface area contributed by atoms with Crippen LogP contribution in [0.4, 0.5) is 18.9 Å². The predicted molar refractivity (Wildman–Crippen MR) is 62.9 cm³/mol. The Morgan fingerprint density at radius 1 is 1.41 bits per heavy atom. The van der Waals surface area contributed by atoms with Crippen molar-refractivity contribution in [3.05, 3.63) is 23.8 Å². The summed E-state index contributed by atoms with van der Waals surface area (Å²) < 4.78 is 37.2. The van der Waals surface area contributed by atoms with Gasteiger partial charge in [0.2, 0.25) is 0 Å². The summed E-state index contributed by atoms with van der Waals surface area (Å²) in [5, 5.41) is 8.85. The molecule has 0 amide bonds. The van der Waals surface area contributed by atoms with E-state index in [9.17, 15) is 13.2 Å². The fourth-order valence-corrected chi connectivity index (χ4v) is 2.29. The molecule has 17 heavy (non-hydrogen) atoms. The molecule has 0 saturated heterocycles. The molecule has 96 valence electrons. The molecule has 1 rings (SSSR count). The summed E-state index contributed by atoms with van der Waals surface area (Å²) in [6, 6.07) is 3.33. The Balaban J connectivity index is 2.83. The average molecular weight is 265 g/mol. The second-order valence-electron chi connectivity index (χ2n) is 3.69. The van der Waals surface area contributed by atoms with E-state index in [1.54, 1.807) is 0 Å². The Morgan fingerprint density at radius 2 is 2.06 bits per heavy atom. The Hall–Kier alpha value is -0.880. The summed E-state index contributed by atoms with van der Waals surface area (Å²) in [6.45, 7) is 1.94. The highest BCUT2D eigenvalue weighted by Gasteiger charge is 2.30. The Labute approximate surface area is 102 Å². The Kier molecular flexibility index (Phi) is 4.70. The van der Waals surface area contributed by atoms with E-state index in [-0.39, 0.29) is 17.5 Å². The summed E-state index contributed by atoms with van der Waals surface area (Å²) in [6.07, 6.45) is -3.79. The molecule has 0 fully saturated rings. The van der Waals surface area contributed by atoms with Gasteiger partial charge in [0.1, 0.15) is 0 Å². The van der Waals surface area contributed by atoms with Gasteiger partial charge in [0.05, 0.1) is 5.56 Å². The van der Waals surface area contributed by atoms with Crippen LogP contribution in [0.1, 0.15) is 18.9 Å². The SMILES string of the molecule is CC(CCO)Sc1ccc(C(F)(F)F)cc1N. The zero-order valence-electron chi connectivity index (χ0n) is 9.29. The molecule has 0 heterocycles. The third kappa shape index (κ3) is 4.12. The number of alkyl halides is 3. The van der Waals surface area contributed by atoms with Crippen LogP contribution in [0.2, 0.25) is 0 Å². The quantitative estimate of drug-likeness (QED) is 0.649. The molecular weight excluding hydrogens is 251 g/mol. The summed E-state index contributed by atoms with van der Waals surface area (Å²) in [4.78, 5) is 0.610. The molecule has 1 aromatic rings. The third-order valence-corrected chi connectivity index (χ3v) is 3.46. The molecule has 0 aliphatic heterocycles. The van der Waals surface area contributed by atoms with Gasteiger partial charge in [-0.15, -0.1) is 11.8 Å². The highest BCUT2D eigenvalue weighted by molar-refractivity contribution is 8.00. The number of anilines is 1. The highest BCUT2D eigenvalue weighted by atomic mass is 32.2. The van der Waals surface area contributed by atoms with E-state index in [1.807, 2.05) is 6.92 Å². The van der Waals surface area contributed by atoms with Crippen molar-refractivity contribution in [1.29, 1.82) is 0 Å². The zero-order valence-corrected chi connectivity index (χ0v) is 10.1. The van der Waals surface area contributed by atoms with Gasteiger partial charge in [-0.1, -0.05) is 6.92 Å². The van der Waals surface area contributed by atoms with Crippen molar-refractivity contribution in [3.8, 4) is 0 Å². The molecule has 0 aliphatic carbocycles. The average Bonchev–Trinajstić information content (AvgIpc) is 2.20. The smallest absolute Gasteiger partial charge is 0.398 e. The number of hydrogen-bond acceptors (Lipinski definition) is 3. The van der Waals surface area contributed by atoms with Crippen LogP contribution in [-0.2, 0) is 6.18 Å². The van der Waals surface area contributed by atoms with Gasteiger partial charge >= 0.3 is 6.18 Å². The van der Waals surface area contributed by atoms with E-state index < -0.39 is 11.7 Å². The minimum atomic E-state index is -4.37. The molecule has 0 saturated carbocycles. The summed E-state index contributed by atoms with van der Waals surface area (Å²) >= 11 is 1.36. The van der Waals surface area contributed by atoms with Gasteiger partial charge < -0.3 is 10.8 Å². The van der Waals surface area contributed by atoms with E-state index in [1.165, 1.54) is 17.8 Å². The second-order valence-corrected chi connectivity index (χ2v) is 5.17. The molecule has 0 aliphatic rings. The van der Waals surface area contributed by atoms with Gasteiger partial charge in [-0.05, 0) is 24.6 Å². The van der Waals surface area contributed by atoms with Crippen LogP contribution in [0.3, 0.4) is 0 Å². The topological polar surface area (TPSA) is 46.2 Å². The first-order valence-electron chi connectivity index (χ1n) is 5.09. The van der Waals surface area contributed by atoms with E-state index in [0.717, 1.165) is 12.1 Å². The minimum absolute atomic E-state index is 0.0503. The van der Waals surface area contributed by atoms with Gasteiger partial charge in [0.25, 0.3) is 0 Å². The standard InChI is InChI=1S/C11H14F3NOS/c1-7(4-5-16)17-10-3-2-8(6-9(10)15)11(12,13)14/h2-3,6-7,16H,4-5,15H2,1H3. The van der Waals surface area contributed by atoms with Crippen molar-refractivity contribution in [1.82, 2.24) is 0 Å². The number of halogens is 3. The molecular formula is C11H14F3NOS. The van der Waals surface area contributed by atoms with Crippen LogP contribution in [0.25, 0.3) is 0 Å². The van der Waals surface area contributed by atoms with Crippen molar-refractivity contribution in [2.75, 3.05) is 12.3 Å². The van der Waals surface area contributed by atoms with Crippen molar-refractivity contribution in [3.63, 3.8) is 0 Å². The van der Waals surface area contributed by atoms with Gasteiger partial charge in [-0.3, -0.25) is 0 Å². The molecule has 0 radical (unpaired) electrons. The first-order valence-corrected chi connectivity index (χ1v) is 5.96. The van der Waals surface area contributed by atoms with E-state index >= 15 is 0 Å². The Morgan fingerprint density at radius 3 is 2.53 bits per heavy atom. The first kappa shape index (κ1) is 14.2. The maximum atomic E-state index is 12.4. The lowest BCUT2D eigenvalue weighted by Gasteiger charge is -2.13. The Bertz CT molecular complexity index is 381. The van der Waals surface area contributed by atoms with Crippen molar-refractivity contribution >= 4 is 17.4 Å². The lowest BCUT2D eigenvalue weighted by molar-refractivity contribution is -0.137. The lowest BCUT2D eigenvalue weighted by atomic mass is 10.2. The second kappa shape index (κ2) is 5.64. The fraction of sp³-hybridized carbons (Fsp3) is 0.455.